The fraction of sp³-hybridized carbons (Fsp3) is 0.667. The summed E-state index contributed by atoms with van der Waals surface area (Å²) in [7, 11) is 1.66. The van der Waals surface area contributed by atoms with Crippen LogP contribution in [-0.4, -0.2) is 22.6 Å². The van der Waals surface area contributed by atoms with Crippen LogP contribution in [0.5, 0.6) is 0 Å². The highest BCUT2D eigenvalue weighted by atomic mass is 16.5. The summed E-state index contributed by atoms with van der Waals surface area (Å²) in [5, 5.41) is 3.39. The van der Waals surface area contributed by atoms with Crippen LogP contribution >= 0.6 is 0 Å². The Bertz CT molecular complexity index is 333. The molecule has 1 N–H and O–H groups in total. The molecule has 1 unspecified atom stereocenters. The maximum absolute atomic E-state index is 5.19. The van der Waals surface area contributed by atoms with Crippen molar-refractivity contribution in [1.82, 2.24) is 15.3 Å². The quantitative estimate of drug-likeness (QED) is 0.849. The average Bonchev–Trinajstić information content (AvgIpc) is 2.25. The second kappa shape index (κ2) is 5.37. The lowest BCUT2D eigenvalue weighted by atomic mass is 10.1. The Kier molecular flexibility index (Phi) is 4.38. The molecule has 1 aromatic heterocycles. The number of methoxy groups -OCH3 is 1. The number of nitrogens with one attached hydrogen (secondary N) is 1. The van der Waals surface area contributed by atoms with E-state index in [0.29, 0.717) is 0 Å². The lowest BCUT2D eigenvalue weighted by Gasteiger charge is -2.20. The topological polar surface area (TPSA) is 47.0 Å². The van der Waals surface area contributed by atoms with E-state index in [2.05, 4.69) is 36.1 Å². The summed E-state index contributed by atoms with van der Waals surface area (Å²) < 4.78 is 5.19. The molecular formula is C12H21N3O. The van der Waals surface area contributed by atoms with Crippen LogP contribution in [0.2, 0.25) is 0 Å². The second-order valence-corrected chi connectivity index (χ2v) is 4.89. The SMILES string of the molecule is COC(C)c1nccc(CNC(C)(C)C)n1. The van der Waals surface area contributed by atoms with Crippen LogP contribution in [0.15, 0.2) is 12.3 Å². The lowest BCUT2D eigenvalue weighted by Crippen LogP contribution is -2.35. The number of hydrogen-bond acceptors (Lipinski definition) is 4. The van der Waals surface area contributed by atoms with Gasteiger partial charge in [-0.05, 0) is 33.8 Å². The van der Waals surface area contributed by atoms with E-state index in [-0.39, 0.29) is 11.6 Å². The first-order valence-electron chi connectivity index (χ1n) is 5.52. The zero-order chi connectivity index (χ0) is 12.2. The second-order valence-electron chi connectivity index (χ2n) is 4.89. The molecule has 90 valence electrons. The molecule has 0 saturated carbocycles. The van der Waals surface area contributed by atoms with E-state index in [0.717, 1.165) is 18.1 Å². The van der Waals surface area contributed by atoms with Crippen molar-refractivity contribution in [1.29, 1.82) is 0 Å². The normalized spacial score (nSPS) is 13.8. The highest BCUT2D eigenvalue weighted by molar-refractivity contribution is 5.04. The Morgan fingerprint density at radius 1 is 1.44 bits per heavy atom. The molecule has 0 aromatic carbocycles. The predicted molar refractivity (Wildman–Crippen MR) is 64.0 cm³/mol. The minimum Gasteiger partial charge on any atom is -0.374 e. The van der Waals surface area contributed by atoms with Crippen LogP contribution in [0.4, 0.5) is 0 Å². The molecule has 0 aliphatic heterocycles. The molecule has 16 heavy (non-hydrogen) atoms. The van der Waals surface area contributed by atoms with Gasteiger partial charge in [0.1, 0.15) is 6.10 Å². The molecule has 4 heteroatoms. The van der Waals surface area contributed by atoms with Gasteiger partial charge in [0, 0.05) is 25.4 Å². The van der Waals surface area contributed by atoms with E-state index in [1.165, 1.54) is 0 Å². The Morgan fingerprint density at radius 3 is 2.69 bits per heavy atom. The molecular weight excluding hydrogens is 202 g/mol. The van der Waals surface area contributed by atoms with Gasteiger partial charge in [-0.3, -0.25) is 0 Å². The highest BCUT2D eigenvalue weighted by Crippen LogP contribution is 2.10. The zero-order valence-electron chi connectivity index (χ0n) is 10.7. The van der Waals surface area contributed by atoms with Crippen molar-refractivity contribution in [3.8, 4) is 0 Å². The lowest BCUT2D eigenvalue weighted by molar-refractivity contribution is 0.112. The van der Waals surface area contributed by atoms with Crippen LogP contribution in [0, 0.1) is 0 Å². The average molecular weight is 223 g/mol. The van der Waals surface area contributed by atoms with Gasteiger partial charge in [0.2, 0.25) is 0 Å². The van der Waals surface area contributed by atoms with Crippen LogP contribution in [0.1, 0.15) is 45.3 Å². The Morgan fingerprint density at radius 2 is 2.12 bits per heavy atom. The summed E-state index contributed by atoms with van der Waals surface area (Å²) in [5.41, 5.74) is 1.08. The van der Waals surface area contributed by atoms with Crippen molar-refractivity contribution < 1.29 is 4.74 Å². The summed E-state index contributed by atoms with van der Waals surface area (Å²) >= 11 is 0. The monoisotopic (exact) mass is 223 g/mol. The van der Waals surface area contributed by atoms with Gasteiger partial charge in [-0.1, -0.05) is 0 Å². The van der Waals surface area contributed by atoms with E-state index in [9.17, 15) is 0 Å². The molecule has 0 spiro atoms. The third-order valence-corrected chi connectivity index (χ3v) is 2.25. The largest absolute Gasteiger partial charge is 0.374 e. The maximum Gasteiger partial charge on any atom is 0.157 e. The first-order chi connectivity index (χ1) is 7.42. The highest BCUT2D eigenvalue weighted by Gasteiger charge is 2.11. The zero-order valence-corrected chi connectivity index (χ0v) is 10.7. The van der Waals surface area contributed by atoms with Gasteiger partial charge in [-0.2, -0.15) is 0 Å². The predicted octanol–water partition coefficient (Wildman–Crippen LogP) is 2.07. The van der Waals surface area contributed by atoms with Crippen molar-refractivity contribution in [3.63, 3.8) is 0 Å². The van der Waals surface area contributed by atoms with Crippen molar-refractivity contribution in [2.24, 2.45) is 0 Å². The number of nitrogens with zero attached hydrogens (tertiary/aromatic N) is 2. The van der Waals surface area contributed by atoms with Crippen LogP contribution in [-0.2, 0) is 11.3 Å². The first kappa shape index (κ1) is 13.1. The molecule has 0 aliphatic rings. The Hall–Kier alpha value is -1.00. The van der Waals surface area contributed by atoms with Crippen molar-refractivity contribution in [2.75, 3.05) is 7.11 Å². The summed E-state index contributed by atoms with van der Waals surface area (Å²) in [6.07, 6.45) is 1.71. The summed E-state index contributed by atoms with van der Waals surface area (Å²) in [4.78, 5) is 8.64. The molecule has 0 aliphatic carbocycles. The molecule has 1 heterocycles. The van der Waals surface area contributed by atoms with Gasteiger partial charge in [0.15, 0.2) is 5.82 Å². The van der Waals surface area contributed by atoms with Gasteiger partial charge in [-0.25, -0.2) is 9.97 Å². The number of hydrogen-bond donors (Lipinski definition) is 1. The van der Waals surface area contributed by atoms with Gasteiger partial charge in [-0.15, -0.1) is 0 Å². The minimum atomic E-state index is -0.0606. The third-order valence-electron chi connectivity index (χ3n) is 2.25. The number of aromatic nitrogens is 2. The van der Waals surface area contributed by atoms with Crippen molar-refractivity contribution >= 4 is 0 Å². The van der Waals surface area contributed by atoms with Crippen LogP contribution in [0.25, 0.3) is 0 Å². The smallest absolute Gasteiger partial charge is 0.157 e. The standard InChI is InChI=1S/C12H21N3O/c1-9(16-5)11-13-7-6-10(15-11)8-14-12(2,3)4/h6-7,9,14H,8H2,1-5H3. The fourth-order valence-corrected chi connectivity index (χ4v) is 1.17. The van der Waals surface area contributed by atoms with Crippen molar-refractivity contribution in [3.05, 3.63) is 23.8 Å². The van der Waals surface area contributed by atoms with E-state index >= 15 is 0 Å². The number of ether oxygens (including phenoxy) is 1. The van der Waals surface area contributed by atoms with Crippen LogP contribution in [0.3, 0.4) is 0 Å². The molecule has 1 rings (SSSR count). The van der Waals surface area contributed by atoms with Gasteiger partial charge in [0.05, 0.1) is 5.69 Å². The molecule has 1 aromatic rings. The Labute approximate surface area is 97.5 Å². The molecule has 0 radical (unpaired) electrons. The van der Waals surface area contributed by atoms with E-state index < -0.39 is 0 Å². The van der Waals surface area contributed by atoms with Gasteiger partial charge in [0.25, 0.3) is 0 Å². The summed E-state index contributed by atoms with van der Waals surface area (Å²) in [6.45, 7) is 9.08. The van der Waals surface area contributed by atoms with E-state index in [1.54, 1.807) is 13.3 Å². The third kappa shape index (κ3) is 4.24. The molecule has 0 saturated heterocycles. The summed E-state index contributed by atoms with van der Waals surface area (Å²) in [6, 6.07) is 1.92. The molecule has 0 amide bonds. The van der Waals surface area contributed by atoms with Crippen LogP contribution < -0.4 is 5.32 Å². The van der Waals surface area contributed by atoms with Crippen molar-refractivity contribution in [2.45, 2.75) is 45.9 Å². The minimum absolute atomic E-state index is 0.0606. The fourth-order valence-electron chi connectivity index (χ4n) is 1.17. The van der Waals surface area contributed by atoms with E-state index in [1.807, 2.05) is 13.0 Å². The van der Waals surface area contributed by atoms with Gasteiger partial charge >= 0.3 is 0 Å². The Balaban J connectivity index is 2.68. The number of rotatable bonds is 4. The van der Waals surface area contributed by atoms with E-state index in [4.69, 9.17) is 4.74 Å². The molecule has 0 bridgehead atoms. The molecule has 4 nitrogen and oxygen atoms in total. The molecule has 0 fully saturated rings. The first-order valence-corrected chi connectivity index (χ1v) is 5.52. The van der Waals surface area contributed by atoms with Gasteiger partial charge < -0.3 is 10.1 Å². The summed E-state index contributed by atoms with van der Waals surface area (Å²) in [5.74, 6) is 0.732. The molecule has 1 atom stereocenters. The maximum atomic E-state index is 5.19.